The Hall–Kier alpha value is -1.02. The molecule has 0 atom stereocenters. The van der Waals surface area contributed by atoms with Crippen molar-refractivity contribution in [3.8, 4) is 0 Å². The van der Waals surface area contributed by atoms with Crippen LogP contribution in [0.15, 0.2) is 24.3 Å². The first kappa shape index (κ1) is 16.0. The molecule has 2 heteroatoms. The van der Waals surface area contributed by atoms with Crippen molar-refractivity contribution in [3.63, 3.8) is 0 Å². The highest BCUT2D eigenvalue weighted by Crippen LogP contribution is 2.18. The molecule has 0 aliphatic carbocycles. The molecule has 0 fully saturated rings. The lowest BCUT2D eigenvalue weighted by Gasteiger charge is -2.21. The SMILES string of the molecule is CCCNCCCCCCN(C)c1ccccc1C. The fraction of sp³-hybridized carbons (Fsp3) is 0.647. The van der Waals surface area contributed by atoms with Crippen LogP contribution in [0.2, 0.25) is 0 Å². The summed E-state index contributed by atoms with van der Waals surface area (Å²) in [6.07, 6.45) is 6.52. The first-order valence-corrected chi connectivity index (χ1v) is 7.73. The summed E-state index contributed by atoms with van der Waals surface area (Å²) in [5.74, 6) is 0. The van der Waals surface area contributed by atoms with Gasteiger partial charge >= 0.3 is 0 Å². The van der Waals surface area contributed by atoms with Crippen molar-refractivity contribution in [2.75, 3.05) is 31.6 Å². The molecular formula is C17H30N2. The number of nitrogens with one attached hydrogen (secondary N) is 1. The lowest BCUT2D eigenvalue weighted by molar-refractivity contribution is 0.584. The van der Waals surface area contributed by atoms with Crippen LogP contribution in [0, 0.1) is 6.92 Å². The molecule has 1 rings (SSSR count). The Kier molecular flexibility index (Phi) is 8.31. The van der Waals surface area contributed by atoms with E-state index in [1.54, 1.807) is 0 Å². The van der Waals surface area contributed by atoms with Crippen LogP contribution < -0.4 is 10.2 Å². The van der Waals surface area contributed by atoms with E-state index in [0.717, 1.165) is 13.1 Å². The number of hydrogen-bond acceptors (Lipinski definition) is 2. The highest BCUT2D eigenvalue weighted by Gasteiger charge is 2.02. The summed E-state index contributed by atoms with van der Waals surface area (Å²) >= 11 is 0. The van der Waals surface area contributed by atoms with Crippen molar-refractivity contribution in [1.29, 1.82) is 0 Å². The van der Waals surface area contributed by atoms with E-state index in [2.05, 4.69) is 55.4 Å². The molecule has 0 saturated carbocycles. The second-order valence-electron chi connectivity index (χ2n) is 5.37. The van der Waals surface area contributed by atoms with Gasteiger partial charge < -0.3 is 10.2 Å². The summed E-state index contributed by atoms with van der Waals surface area (Å²) in [6.45, 7) is 7.91. The van der Waals surface area contributed by atoms with E-state index in [9.17, 15) is 0 Å². The molecule has 0 heterocycles. The maximum Gasteiger partial charge on any atom is 0.0393 e. The van der Waals surface area contributed by atoms with Gasteiger partial charge in [-0.3, -0.25) is 0 Å². The lowest BCUT2D eigenvalue weighted by Crippen LogP contribution is -2.19. The van der Waals surface area contributed by atoms with Crippen LogP contribution in [0.3, 0.4) is 0 Å². The van der Waals surface area contributed by atoms with Crippen molar-refractivity contribution < 1.29 is 0 Å². The Balaban J connectivity index is 2.08. The second-order valence-corrected chi connectivity index (χ2v) is 5.37. The number of unbranched alkanes of at least 4 members (excludes halogenated alkanes) is 3. The molecule has 108 valence electrons. The van der Waals surface area contributed by atoms with Gasteiger partial charge in [-0.2, -0.15) is 0 Å². The summed E-state index contributed by atoms with van der Waals surface area (Å²) in [5.41, 5.74) is 2.74. The van der Waals surface area contributed by atoms with Gasteiger partial charge in [0.15, 0.2) is 0 Å². The van der Waals surface area contributed by atoms with Crippen molar-refractivity contribution in [3.05, 3.63) is 29.8 Å². The monoisotopic (exact) mass is 262 g/mol. The first-order chi connectivity index (χ1) is 9.25. The maximum atomic E-state index is 3.46. The molecule has 1 aromatic rings. The normalized spacial score (nSPS) is 10.7. The van der Waals surface area contributed by atoms with E-state index >= 15 is 0 Å². The minimum atomic E-state index is 1.16. The van der Waals surface area contributed by atoms with Crippen LogP contribution in [0.5, 0.6) is 0 Å². The predicted octanol–water partition coefficient (Wildman–Crippen LogP) is 3.99. The predicted molar refractivity (Wildman–Crippen MR) is 86.1 cm³/mol. The van der Waals surface area contributed by atoms with Gasteiger partial charge in [-0.15, -0.1) is 0 Å². The summed E-state index contributed by atoms with van der Waals surface area (Å²) < 4.78 is 0. The molecule has 0 amide bonds. The van der Waals surface area contributed by atoms with E-state index in [4.69, 9.17) is 0 Å². The zero-order valence-electron chi connectivity index (χ0n) is 12.9. The average Bonchev–Trinajstić information content (AvgIpc) is 2.42. The summed E-state index contributed by atoms with van der Waals surface area (Å²) in [4.78, 5) is 2.38. The van der Waals surface area contributed by atoms with Crippen LogP contribution in [-0.4, -0.2) is 26.7 Å². The zero-order valence-corrected chi connectivity index (χ0v) is 12.9. The molecule has 0 bridgehead atoms. The second kappa shape index (κ2) is 9.85. The Labute approximate surface area is 119 Å². The molecule has 0 radical (unpaired) electrons. The highest BCUT2D eigenvalue weighted by atomic mass is 15.1. The smallest absolute Gasteiger partial charge is 0.0393 e. The van der Waals surface area contributed by atoms with E-state index < -0.39 is 0 Å². The van der Waals surface area contributed by atoms with Gasteiger partial charge in [0.1, 0.15) is 0 Å². The molecule has 1 N–H and O–H groups in total. The minimum absolute atomic E-state index is 1.16. The standard InChI is InChI=1S/C17H30N2/c1-4-13-18-14-9-5-6-10-15-19(3)17-12-8-7-11-16(17)2/h7-8,11-12,18H,4-6,9-10,13-15H2,1-3H3. The third kappa shape index (κ3) is 6.63. The Morgan fingerprint density at radius 2 is 1.74 bits per heavy atom. The zero-order chi connectivity index (χ0) is 13.9. The van der Waals surface area contributed by atoms with Crippen molar-refractivity contribution in [2.45, 2.75) is 46.0 Å². The molecule has 1 aromatic carbocycles. The van der Waals surface area contributed by atoms with Crippen LogP contribution in [0.4, 0.5) is 5.69 Å². The van der Waals surface area contributed by atoms with Gasteiger partial charge in [0, 0.05) is 19.3 Å². The van der Waals surface area contributed by atoms with Crippen molar-refractivity contribution >= 4 is 5.69 Å². The Bertz CT molecular complexity index is 336. The Morgan fingerprint density at radius 1 is 1.00 bits per heavy atom. The fourth-order valence-corrected chi connectivity index (χ4v) is 2.37. The van der Waals surface area contributed by atoms with Crippen LogP contribution >= 0.6 is 0 Å². The average molecular weight is 262 g/mol. The van der Waals surface area contributed by atoms with E-state index in [1.165, 1.54) is 49.9 Å². The molecule has 0 aromatic heterocycles. The van der Waals surface area contributed by atoms with E-state index in [0.29, 0.717) is 0 Å². The largest absolute Gasteiger partial charge is 0.374 e. The number of hydrogen-bond donors (Lipinski definition) is 1. The van der Waals surface area contributed by atoms with Gasteiger partial charge in [0.2, 0.25) is 0 Å². The van der Waals surface area contributed by atoms with E-state index in [1.807, 2.05) is 0 Å². The molecule has 0 spiro atoms. The van der Waals surface area contributed by atoms with Gasteiger partial charge in [0.05, 0.1) is 0 Å². The van der Waals surface area contributed by atoms with Crippen molar-refractivity contribution in [1.82, 2.24) is 5.32 Å². The quantitative estimate of drug-likeness (QED) is 0.641. The van der Waals surface area contributed by atoms with Gasteiger partial charge in [-0.1, -0.05) is 38.0 Å². The third-order valence-corrected chi connectivity index (χ3v) is 3.55. The number of nitrogens with zero attached hydrogens (tertiary/aromatic N) is 1. The summed E-state index contributed by atoms with van der Waals surface area (Å²) in [6, 6.07) is 8.63. The summed E-state index contributed by atoms with van der Waals surface area (Å²) in [7, 11) is 2.20. The minimum Gasteiger partial charge on any atom is -0.374 e. The molecule has 19 heavy (non-hydrogen) atoms. The van der Waals surface area contributed by atoms with Gasteiger partial charge in [0.25, 0.3) is 0 Å². The van der Waals surface area contributed by atoms with Crippen LogP contribution in [-0.2, 0) is 0 Å². The molecule has 0 aliphatic rings. The van der Waals surface area contributed by atoms with Crippen molar-refractivity contribution in [2.24, 2.45) is 0 Å². The topological polar surface area (TPSA) is 15.3 Å². The Morgan fingerprint density at radius 3 is 2.47 bits per heavy atom. The summed E-state index contributed by atoms with van der Waals surface area (Å²) in [5, 5.41) is 3.46. The molecule has 0 unspecified atom stereocenters. The van der Waals surface area contributed by atoms with Gasteiger partial charge in [-0.05, 0) is 50.9 Å². The number of rotatable bonds is 10. The lowest BCUT2D eigenvalue weighted by atomic mass is 10.1. The maximum absolute atomic E-state index is 3.46. The number of benzene rings is 1. The van der Waals surface area contributed by atoms with Crippen LogP contribution in [0.25, 0.3) is 0 Å². The third-order valence-electron chi connectivity index (χ3n) is 3.55. The number of para-hydroxylation sites is 1. The first-order valence-electron chi connectivity index (χ1n) is 7.73. The fourth-order valence-electron chi connectivity index (χ4n) is 2.37. The van der Waals surface area contributed by atoms with Crippen LogP contribution in [0.1, 0.15) is 44.6 Å². The highest BCUT2D eigenvalue weighted by molar-refractivity contribution is 5.52. The molecule has 0 aliphatic heterocycles. The number of aryl methyl sites for hydroxylation is 1. The number of anilines is 1. The molecule has 2 nitrogen and oxygen atoms in total. The van der Waals surface area contributed by atoms with E-state index in [-0.39, 0.29) is 0 Å². The van der Waals surface area contributed by atoms with Gasteiger partial charge in [-0.25, -0.2) is 0 Å². The molecular weight excluding hydrogens is 232 g/mol. The molecule has 0 saturated heterocycles.